The average molecular weight is 404 g/mol. The van der Waals surface area contributed by atoms with Gasteiger partial charge in [-0.3, -0.25) is 0 Å². The zero-order valence-electron chi connectivity index (χ0n) is 15.8. The van der Waals surface area contributed by atoms with E-state index < -0.39 is 0 Å². The van der Waals surface area contributed by atoms with Crippen molar-refractivity contribution in [3.63, 3.8) is 0 Å². The fraction of sp³-hybridized carbons (Fsp3) is 0.381. The second-order valence-electron chi connectivity index (χ2n) is 7.20. The van der Waals surface area contributed by atoms with Crippen LogP contribution in [0, 0.1) is 11.6 Å². The van der Waals surface area contributed by atoms with Crippen molar-refractivity contribution in [3.05, 3.63) is 65.7 Å². The fourth-order valence-corrected chi connectivity index (χ4v) is 3.62. The maximum Gasteiger partial charge on any atom is 0.315 e. The second-order valence-corrected chi connectivity index (χ2v) is 7.20. The predicted molar refractivity (Wildman–Crippen MR) is 101 cm³/mol. The Kier molecular flexibility index (Phi) is 5.64. The van der Waals surface area contributed by atoms with Crippen molar-refractivity contribution in [3.8, 4) is 5.75 Å². The first-order valence-corrected chi connectivity index (χ1v) is 9.47. The molecule has 2 aromatic carbocycles. The molecule has 2 aromatic rings. The normalized spacial score (nSPS) is 26.6. The molecular weight excluding hydrogens is 382 g/mol. The van der Waals surface area contributed by atoms with Gasteiger partial charge in [0.15, 0.2) is 6.10 Å². The summed E-state index contributed by atoms with van der Waals surface area (Å²) in [6.45, 7) is 2.44. The number of benzene rings is 2. The zero-order chi connectivity index (χ0) is 20.4. The Balaban J connectivity index is 1.30. The number of amides is 2. The summed E-state index contributed by atoms with van der Waals surface area (Å²) in [5.41, 5.74) is 0.798. The smallest absolute Gasteiger partial charge is 0.315 e. The lowest BCUT2D eigenvalue weighted by Gasteiger charge is -2.20. The van der Waals surface area contributed by atoms with Crippen LogP contribution in [0.25, 0.3) is 0 Å². The lowest BCUT2D eigenvalue weighted by molar-refractivity contribution is 0.0303. The maximum atomic E-state index is 13.0. The van der Waals surface area contributed by atoms with Crippen molar-refractivity contribution >= 4 is 6.03 Å². The summed E-state index contributed by atoms with van der Waals surface area (Å²) in [5.74, 6) is -0.123. The summed E-state index contributed by atoms with van der Waals surface area (Å²) in [6.07, 6.45) is -0.981. The van der Waals surface area contributed by atoms with E-state index in [0.29, 0.717) is 19.0 Å². The molecule has 0 aromatic heterocycles. The van der Waals surface area contributed by atoms with Crippen molar-refractivity contribution in [1.82, 2.24) is 10.6 Å². The number of fused-ring (bicyclic) bond motifs is 1. The van der Waals surface area contributed by atoms with Crippen LogP contribution in [0.4, 0.5) is 13.6 Å². The second kappa shape index (κ2) is 8.34. The van der Waals surface area contributed by atoms with Crippen LogP contribution < -0.4 is 15.4 Å². The molecule has 0 unspecified atom stereocenters. The minimum absolute atomic E-state index is 0.284. The van der Waals surface area contributed by atoms with Gasteiger partial charge in [0.2, 0.25) is 0 Å². The van der Waals surface area contributed by atoms with Gasteiger partial charge < -0.3 is 24.8 Å². The van der Waals surface area contributed by atoms with E-state index in [4.69, 9.17) is 14.2 Å². The van der Waals surface area contributed by atoms with E-state index in [2.05, 4.69) is 10.6 Å². The highest BCUT2D eigenvalue weighted by Gasteiger charge is 2.49. The summed E-state index contributed by atoms with van der Waals surface area (Å²) < 4.78 is 43.5. The van der Waals surface area contributed by atoms with Crippen LogP contribution in [0.5, 0.6) is 5.75 Å². The molecule has 2 fully saturated rings. The summed E-state index contributed by atoms with van der Waals surface area (Å²) in [7, 11) is 0. The molecule has 2 aliphatic heterocycles. The Morgan fingerprint density at radius 1 is 1.00 bits per heavy atom. The highest BCUT2D eigenvalue weighted by molar-refractivity contribution is 5.75. The van der Waals surface area contributed by atoms with Gasteiger partial charge in [-0.15, -0.1) is 0 Å². The Morgan fingerprint density at radius 2 is 1.62 bits per heavy atom. The number of nitrogens with one attached hydrogen (secondary N) is 2. The van der Waals surface area contributed by atoms with Crippen molar-refractivity contribution in [2.75, 3.05) is 13.2 Å². The minimum atomic E-state index is -0.359. The molecule has 2 aliphatic rings. The summed E-state index contributed by atoms with van der Waals surface area (Å²) >= 11 is 0. The third kappa shape index (κ3) is 4.49. The molecule has 0 spiro atoms. The molecule has 29 heavy (non-hydrogen) atoms. The fourth-order valence-electron chi connectivity index (χ4n) is 3.62. The lowest BCUT2D eigenvalue weighted by atomic mass is 10.1. The van der Waals surface area contributed by atoms with Crippen LogP contribution in [-0.4, -0.2) is 43.6 Å². The molecular formula is C21H22F2N2O4. The molecule has 2 heterocycles. The number of carbonyl (C=O) groups excluding carboxylic acids is 1. The van der Waals surface area contributed by atoms with Crippen molar-refractivity contribution in [2.24, 2.45) is 0 Å². The number of hydrogen-bond donors (Lipinski definition) is 2. The quantitative estimate of drug-likeness (QED) is 0.804. The molecule has 154 valence electrons. The third-order valence-corrected chi connectivity index (χ3v) is 5.14. The van der Waals surface area contributed by atoms with Gasteiger partial charge in [-0.1, -0.05) is 12.1 Å². The maximum absolute atomic E-state index is 13.0. The largest absolute Gasteiger partial charge is 0.485 e. The number of carbonyl (C=O) groups is 1. The van der Waals surface area contributed by atoms with E-state index in [9.17, 15) is 13.6 Å². The molecule has 6 nitrogen and oxygen atoms in total. The summed E-state index contributed by atoms with van der Waals surface area (Å²) in [5, 5.41) is 5.70. The standard InChI is InChI=1S/C21H22F2N2O4/c1-12(13-2-4-14(22)5-3-13)24-21(26)25-17-10-27-20-18(11-28-19(17)20)29-16-8-6-15(23)7-9-16/h2-9,12,17-20H,10-11H2,1H3,(H2,24,25,26)/t12-,17-,18-,19+,20+/m0/s1. The van der Waals surface area contributed by atoms with Crippen LogP contribution in [0.15, 0.2) is 48.5 Å². The Labute approximate surface area is 167 Å². The van der Waals surface area contributed by atoms with Gasteiger partial charge in [-0.25, -0.2) is 13.6 Å². The van der Waals surface area contributed by atoms with E-state index in [0.717, 1.165) is 5.56 Å². The first-order chi connectivity index (χ1) is 14.0. The van der Waals surface area contributed by atoms with Gasteiger partial charge in [0, 0.05) is 0 Å². The van der Waals surface area contributed by atoms with Gasteiger partial charge in [0.05, 0.1) is 25.3 Å². The highest BCUT2D eigenvalue weighted by Crippen LogP contribution is 2.30. The molecule has 2 saturated heterocycles. The number of urea groups is 1. The topological polar surface area (TPSA) is 68.8 Å². The minimum Gasteiger partial charge on any atom is -0.485 e. The molecule has 0 saturated carbocycles. The van der Waals surface area contributed by atoms with Crippen LogP contribution in [-0.2, 0) is 9.47 Å². The van der Waals surface area contributed by atoms with Crippen LogP contribution in [0.2, 0.25) is 0 Å². The molecule has 0 aliphatic carbocycles. The lowest BCUT2D eigenvalue weighted by Crippen LogP contribution is -2.48. The average Bonchev–Trinajstić information content (AvgIpc) is 3.27. The van der Waals surface area contributed by atoms with Crippen LogP contribution in [0.3, 0.4) is 0 Å². The van der Waals surface area contributed by atoms with Gasteiger partial charge in [-0.05, 0) is 48.9 Å². The van der Waals surface area contributed by atoms with E-state index in [1.807, 2.05) is 6.92 Å². The van der Waals surface area contributed by atoms with Crippen LogP contribution in [0.1, 0.15) is 18.5 Å². The number of hydrogen-bond acceptors (Lipinski definition) is 4. The van der Waals surface area contributed by atoms with Crippen molar-refractivity contribution < 1.29 is 27.8 Å². The molecule has 0 radical (unpaired) electrons. The zero-order valence-corrected chi connectivity index (χ0v) is 15.8. The van der Waals surface area contributed by atoms with Gasteiger partial charge in [-0.2, -0.15) is 0 Å². The number of halogens is 2. The van der Waals surface area contributed by atoms with Gasteiger partial charge in [0.1, 0.15) is 29.6 Å². The Bertz CT molecular complexity index is 847. The predicted octanol–water partition coefficient (Wildman–Crippen LogP) is 2.94. The van der Waals surface area contributed by atoms with E-state index in [1.165, 1.54) is 24.3 Å². The molecule has 5 atom stereocenters. The Hall–Kier alpha value is -2.71. The molecule has 4 rings (SSSR count). The third-order valence-electron chi connectivity index (χ3n) is 5.14. The SMILES string of the molecule is C[C@H](NC(=O)N[C@H]1CO[C@H]2[C@@H]1OC[C@@H]2Oc1ccc(F)cc1)c1ccc(F)cc1. The molecule has 2 amide bonds. The molecule has 0 bridgehead atoms. The van der Waals surface area contributed by atoms with Gasteiger partial charge >= 0.3 is 6.03 Å². The number of ether oxygens (including phenoxy) is 3. The first kappa shape index (κ1) is 19.6. The summed E-state index contributed by atoms with van der Waals surface area (Å²) in [4.78, 5) is 12.4. The first-order valence-electron chi connectivity index (χ1n) is 9.47. The molecule has 2 N–H and O–H groups in total. The monoisotopic (exact) mass is 404 g/mol. The van der Waals surface area contributed by atoms with Crippen molar-refractivity contribution in [2.45, 2.75) is 37.3 Å². The Morgan fingerprint density at radius 3 is 2.31 bits per heavy atom. The van der Waals surface area contributed by atoms with E-state index >= 15 is 0 Å². The van der Waals surface area contributed by atoms with Gasteiger partial charge in [0.25, 0.3) is 0 Å². The molecule has 8 heteroatoms. The van der Waals surface area contributed by atoms with Crippen molar-refractivity contribution in [1.29, 1.82) is 0 Å². The van der Waals surface area contributed by atoms with Crippen LogP contribution >= 0.6 is 0 Å². The van der Waals surface area contributed by atoms with E-state index in [-0.39, 0.29) is 48.1 Å². The number of rotatable bonds is 5. The van der Waals surface area contributed by atoms with E-state index in [1.54, 1.807) is 24.3 Å². The highest BCUT2D eigenvalue weighted by atomic mass is 19.1. The summed E-state index contributed by atoms with van der Waals surface area (Å²) in [6, 6.07) is 10.8.